The summed E-state index contributed by atoms with van der Waals surface area (Å²) in [7, 11) is 0. The van der Waals surface area contributed by atoms with E-state index in [4.69, 9.17) is 0 Å². The average molecular weight is 208 g/mol. The molecule has 3 aliphatic rings. The highest BCUT2D eigenvalue weighted by Gasteiger charge is 2.59. The Bertz CT molecular complexity index is 265. The van der Waals surface area contributed by atoms with Crippen molar-refractivity contribution in [1.82, 2.24) is 10.2 Å². The van der Waals surface area contributed by atoms with E-state index in [0.29, 0.717) is 17.2 Å². The number of piperidine rings is 1. The van der Waals surface area contributed by atoms with Gasteiger partial charge < -0.3 is 10.2 Å². The maximum Gasteiger partial charge on any atom is 0.226 e. The van der Waals surface area contributed by atoms with E-state index in [2.05, 4.69) is 10.2 Å². The standard InChI is InChI=1S/C12H20N2O/c15-11(14-6-2-1-3-7-14)10-8-12(10)4-5-13-9-12/h10,13H,1-9H2. The van der Waals surface area contributed by atoms with Crippen LogP contribution in [0.1, 0.15) is 32.1 Å². The molecule has 3 heteroatoms. The van der Waals surface area contributed by atoms with Crippen molar-refractivity contribution >= 4 is 5.91 Å². The fourth-order valence-electron chi connectivity index (χ4n) is 3.27. The molecular formula is C12H20N2O. The third-order valence-electron chi connectivity index (χ3n) is 4.43. The zero-order valence-corrected chi connectivity index (χ0v) is 9.30. The molecule has 0 bridgehead atoms. The largest absolute Gasteiger partial charge is 0.342 e. The molecule has 2 saturated heterocycles. The fraction of sp³-hybridized carbons (Fsp3) is 0.917. The van der Waals surface area contributed by atoms with Crippen LogP contribution in [0.3, 0.4) is 0 Å². The normalized spacial score (nSPS) is 39.7. The van der Waals surface area contributed by atoms with Crippen molar-refractivity contribution in [3.8, 4) is 0 Å². The summed E-state index contributed by atoms with van der Waals surface area (Å²) in [5.41, 5.74) is 0.383. The molecule has 1 N–H and O–H groups in total. The molecule has 0 aromatic heterocycles. The number of likely N-dealkylation sites (tertiary alicyclic amines) is 1. The maximum absolute atomic E-state index is 12.2. The molecule has 1 amide bonds. The number of hydrogen-bond donors (Lipinski definition) is 1. The summed E-state index contributed by atoms with van der Waals surface area (Å²) in [6, 6.07) is 0. The van der Waals surface area contributed by atoms with Crippen LogP contribution in [0, 0.1) is 11.3 Å². The van der Waals surface area contributed by atoms with Crippen LogP contribution < -0.4 is 5.32 Å². The molecule has 3 rings (SSSR count). The van der Waals surface area contributed by atoms with Gasteiger partial charge in [-0.3, -0.25) is 4.79 Å². The second-order valence-electron chi connectivity index (χ2n) is 5.43. The molecule has 84 valence electrons. The molecule has 0 aromatic carbocycles. The van der Waals surface area contributed by atoms with Gasteiger partial charge in [0.25, 0.3) is 0 Å². The molecule has 2 aliphatic heterocycles. The van der Waals surface area contributed by atoms with Crippen LogP contribution in [-0.4, -0.2) is 37.0 Å². The zero-order chi connectivity index (χ0) is 10.3. The Balaban J connectivity index is 1.61. The molecule has 1 aliphatic carbocycles. The second kappa shape index (κ2) is 3.48. The number of nitrogens with zero attached hydrogens (tertiary/aromatic N) is 1. The molecule has 2 unspecified atom stereocenters. The molecule has 3 fully saturated rings. The number of amides is 1. The zero-order valence-electron chi connectivity index (χ0n) is 9.30. The summed E-state index contributed by atoms with van der Waals surface area (Å²) in [5, 5.41) is 3.39. The van der Waals surface area contributed by atoms with Gasteiger partial charge in [0.1, 0.15) is 0 Å². The Labute approximate surface area is 91.2 Å². The Morgan fingerprint density at radius 3 is 2.73 bits per heavy atom. The second-order valence-corrected chi connectivity index (χ2v) is 5.43. The summed E-state index contributed by atoms with van der Waals surface area (Å²) in [6.07, 6.45) is 6.10. The molecule has 2 atom stereocenters. The van der Waals surface area contributed by atoms with E-state index in [1.54, 1.807) is 0 Å². The van der Waals surface area contributed by atoms with E-state index >= 15 is 0 Å². The molecule has 1 spiro atoms. The molecule has 2 heterocycles. The van der Waals surface area contributed by atoms with Crippen LogP contribution in [-0.2, 0) is 4.79 Å². The molecular weight excluding hydrogens is 188 g/mol. The highest BCUT2D eigenvalue weighted by molar-refractivity contribution is 5.83. The summed E-state index contributed by atoms with van der Waals surface area (Å²) < 4.78 is 0. The predicted molar refractivity (Wildman–Crippen MR) is 58.5 cm³/mol. The van der Waals surface area contributed by atoms with Crippen molar-refractivity contribution in [2.45, 2.75) is 32.1 Å². The van der Waals surface area contributed by atoms with Crippen LogP contribution >= 0.6 is 0 Å². The lowest BCUT2D eigenvalue weighted by Gasteiger charge is -2.27. The highest BCUT2D eigenvalue weighted by atomic mass is 16.2. The van der Waals surface area contributed by atoms with Crippen molar-refractivity contribution in [1.29, 1.82) is 0 Å². The van der Waals surface area contributed by atoms with Crippen LogP contribution in [0.4, 0.5) is 0 Å². The third-order valence-corrected chi connectivity index (χ3v) is 4.43. The van der Waals surface area contributed by atoms with Gasteiger partial charge in [0, 0.05) is 25.6 Å². The number of hydrogen-bond acceptors (Lipinski definition) is 2. The number of nitrogens with one attached hydrogen (secondary N) is 1. The minimum atomic E-state index is 0.366. The van der Waals surface area contributed by atoms with Gasteiger partial charge in [0.2, 0.25) is 5.91 Å². The Kier molecular flexibility index (Phi) is 2.23. The van der Waals surface area contributed by atoms with Crippen LogP contribution in [0.15, 0.2) is 0 Å². The lowest BCUT2D eigenvalue weighted by molar-refractivity contribution is -0.134. The number of rotatable bonds is 1. The fourth-order valence-corrected chi connectivity index (χ4v) is 3.27. The van der Waals surface area contributed by atoms with Crippen molar-refractivity contribution in [3.63, 3.8) is 0 Å². The van der Waals surface area contributed by atoms with E-state index in [0.717, 1.165) is 32.6 Å². The van der Waals surface area contributed by atoms with Gasteiger partial charge in [-0.25, -0.2) is 0 Å². The van der Waals surface area contributed by atoms with Crippen LogP contribution in [0.25, 0.3) is 0 Å². The van der Waals surface area contributed by atoms with Gasteiger partial charge in [0.15, 0.2) is 0 Å². The van der Waals surface area contributed by atoms with Crippen molar-refractivity contribution in [2.24, 2.45) is 11.3 Å². The minimum Gasteiger partial charge on any atom is -0.342 e. The first-order valence-electron chi connectivity index (χ1n) is 6.31. The van der Waals surface area contributed by atoms with Crippen LogP contribution in [0.5, 0.6) is 0 Å². The van der Waals surface area contributed by atoms with Gasteiger partial charge >= 0.3 is 0 Å². The highest BCUT2D eigenvalue weighted by Crippen LogP contribution is 2.57. The Hall–Kier alpha value is -0.570. The van der Waals surface area contributed by atoms with E-state index in [1.165, 1.54) is 25.7 Å². The molecule has 1 saturated carbocycles. The smallest absolute Gasteiger partial charge is 0.226 e. The Morgan fingerprint density at radius 2 is 2.07 bits per heavy atom. The Morgan fingerprint density at radius 1 is 1.27 bits per heavy atom. The lowest BCUT2D eigenvalue weighted by atomic mass is 10.0. The number of carbonyl (C=O) groups is 1. The monoisotopic (exact) mass is 208 g/mol. The summed E-state index contributed by atoms with van der Waals surface area (Å²) in [6.45, 7) is 4.22. The summed E-state index contributed by atoms with van der Waals surface area (Å²) in [4.78, 5) is 14.3. The van der Waals surface area contributed by atoms with Crippen molar-refractivity contribution in [2.75, 3.05) is 26.2 Å². The van der Waals surface area contributed by atoms with Gasteiger partial charge in [-0.2, -0.15) is 0 Å². The average Bonchev–Trinajstić information content (AvgIpc) is 2.77. The predicted octanol–water partition coefficient (Wildman–Crippen LogP) is 0.998. The molecule has 0 radical (unpaired) electrons. The summed E-state index contributed by atoms with van der Waals surface area (Å²) >= 11 is 0. The van der Waals surface area contributed by atoms with E-state index in [-0.39, 0.29) is 0 Å². The molecule has 15 heavy (non-hydrogen) atoms. The van der Waals surface area contributed by atoms with Crippen LogP contribution in [0.2, 0.25) is 0 Å². The van der Waals surface area contributed by atoms with E-state index < -0.39 is 0 Å². The topological polar surface area (TPSA) is 32.3 Å². The summed E-state index contributed by atoms with van der Waals surface area (Å²) in [5.74, 6) is 0.823. The SMILES string of the molecule is O=C(C1CC12CCNC2)N1CCCCC1. The molecule has 3 nitrogen and oxygen atoms in total. The van der Waals surface area contributed by atoms with Gasteiger partial charge in [-0.15, -0.1) is 0 Å². The minimum absolute atomic E-state index is 0.366. The van der Waals surface area contributed by atoms with Crippen molar-refractivity contribution < 1.29 is 4.79 Å². The third kappa shape index (κ3) is 1.57. The van der Waals surface area contributed by atoms with Gasteiger partial charge in [-0.05, 0) is 44.1 Å². The van der Waals surface area contributed by atoms with Crippen molar-refractivity contribution in [3.05, 3.63) is 0 Å². The quantitative estimate of drug-likeness (QED) is 0.697. The van der Waals surface area contributed by atoms with Gasteiger partial charge in [0.05, 0.1) is 0 Å². The lowest BCUT2D eigenvalue weighted by Crippen LogP contribution is -2.37. The van der Waals surface area contributed by atoms with E-state index in [1.807, 2.05) is 0 Å². The number of carbonyl (C=O) groups excluding carboxylic acids is 1. The van der Waals surface area contributed by atoms with E-state index in [9.17, 15) is 4.79 Å². The first-order chi connectivity index (χ1) is 7.32. The van der Waals surface area contributed by atoms with Gasteiger partial charge in [-0.1, -0.05) is 0 Å². The maximum atomic E-state index is 12.2. The molecule has 0 aromatic rings. The first kappa shape index (κ1) is 9.64. The first-order valence-corrected chi connectivity index (χ1v) is 6.31.